The minimum atomic E-state index is 0.354. The van der Waals surface area contributed by atoms with Gasteiger partial charge in [-0.3, -0.25) is 9.69 Å². The molecule has 0 aliphatic carbocycles. The van der Waals surface area contributed by atoms with Gasteiger partial charge < -0.3 is 9.80 Å². The summed E-state index contributed by atoms with van der Waals surface area (Å²) in [6.07, 6.45) is 4.99. The highest BCUT2D eigenvalue weighted by Gasteiger charge is 2.27. The zero-order valence-electron chi connectivity index (χ0n) is 16.6. The minimum Gasteiger partial charge on any atom is -0.343 e. The molecule has 2 aliphatic heterocycles. The first-order valence-corrected chi connectivity index (χ1v) is 10.4. The Bertz CT molecular complexity index is 554. The van der Waals surface area contributed by atoms with Crippen molar-refractivity contribution in [1.29, 1.82) is 0 Å². The van der Waals surface area contributed by atoms with E-state index in [9.17, 15) is 4.79 Å². The molecular weight excluding hydrogens is 322 g/mol. The van der Waals surface area contributed by atoms with E-state index in [2.05, 4.69) is 52.9 Å². The van der Waals surface area contributed by atoms with Gasteiger partial charge in [0.05, 0.1) is 0 Å². The van der Waals surface area contributed by atoms with Crippen LogP contribution in [-0.2, 0) is 11.2 Å². The number of benzene rings is 1. The summed E-state index contributed by atoms with van der Waals surface area (Å²) < 4.78 is 0. The van der Waals surface area contributed by atoms with E-state index in [1.54, 1.807) is 0 Å². The number of nitrogens with zero attached hydrogens (tertiary/aromatic N) is 3. The first kappa shape index (κ1) is 19.4. The molecule has 1 atom stereocenters. The number of carbonyl (C=O) groups excluding carboxylic acids is 1. The molecule has 0 N–H and O–H groups in total. The van der Waals surface area contributed by atoms with Gasteiger partial charge >= 0.3 is 0 Å². The van der Waals surface area contributed by atoms with E-state index in [4.69, 9.17) is 0 Å². The first-order chi connectivity index (χ1) is 12.6. The number of hydrogen-bond acceptors (Lipinski definition) is 3. The number of rotatable bonds is 6. The second kappa shape index (κ2) is 9.52. The predicted molar refractivity (Wildman–Crippen MR) is 107 cm³/mol. The van der Waals surface area contributed by atoms with Crippen LogP contribution in [0.15, 0.2) is 30.3 Å². The van der Waals surface area contributed by atoms with Gasteiger partial charge in [0.1, 0.15) is 0 Å². The Labute approximate surface area is 159 Å². The van der Waals surface area contributed by atoms with Crippen molar-refractivity contribution in [1.82, 2.24) is 14.7 Å². The number of likely N-dealkylation sites (N-methyl/N-ethyl adjacent to an activating group) is 1. The lowest BCUT2D eigenvalue weighted by molar-refractivity contribution is -0.132. The maximum atomic E-state index is 12.5. The second-order valence-electron chi connectivity index (χ2n) is 8.27. The summed E-state index contributed by atoms with van der Waals surface area (Å²) in [5.41, 5.74) is 1.33. The molecule has 0 bridgehead atoms. The lowest BCUT2D eigenvalue weighted by Gasteiger charge is -2.41. The molecule has 4 heteroatoms. The molecule has 26 heavy (non-hydrogen) atoms. The van der Waals surface area contributed by atoms with Gasteiger partial charge in [-0.1, -0.05) is 30.3 Å². The third-order valence-electron chi connectivity index (χ3n) is 6.13. The van der Waals surface area contributed by atoms with E-state index in [1.807, 2.05) is 6.07 Å². The van der Waals surface area contributed by atoms with Gasteiger partial charge in [0.2, 0.25) is 5.91 Å². The van der Waals surface area contributed by atoms with E-state index in [0.717, 1.165) is 31.8 Å². The third kappa shape index (κ3) is 5.55. The van der Waals surface area contributed by atoms with Crippen LogP contribution in [0.2, 0.25) is 0 Å². The molecule has 2 heterocycles. The van der Waals surface area contributed by atoms with Crippen molar-refractivity contribution in [2.24, 2.45) is 5.92 Å². The molecular formula is C22H35N3O. The number of aryl methyl sites for hydroxylation is 1. The average molecular weight is 358 g/mol. The molecule has 0 aromatic heterocycles. The molecule has 2 fully saturated rings. The van der Waals surface area contributed by atoms with Crippen molar-refractivity contribution in [2.75, 3.05) is 46.3 Å². The van der Waals surface area contributed by atoms with Crippen LogP contribution in [0, 0.1) is 5.92 Å². The van der Waals surface area contributed by atoms with Crippen LogP contribution in [0.25, 0.3) is 0 Å². The number of hydrogen-bond donors (Lipinski definition) is 0. The zero-order valence-corrected chi connectivity index (χ0v) is 16.6. The van der Waals surface area contributed by atoms with Crippen LogP contribution in [0.3, 0.4) is 0 Å². The number of carbonyl (C=O) groups is 1. The largest absolute Gasteiger partial charge is 0.343 e. The standard InChI is InChI=1S/C22H35N3O/c1-19-17-23(2)15-16-25(19)18-21-11-13-24(14-12-21)22(26)10-6-9-20-7-4-3-5-8-20/h3-5,7-8,19,21H,6,9-18H2,1-2H3/t19-/m1/s1. The monoisotopic (exact) mass is 357 g/mol. The Kier molecular flexibility index (Phi) is 7.09. The van der Waals surface area contributed by atoms with Gasteiger partial charge in [-0.15, -0.1) is 0 Å². The molecule has 0 spiro atoms. The molecule has 1 aromatic carbocycles. The summed E-state index contributed by atoms with van der Waals surface area (Å²) in [4.78, 5) is 19.7. The molecule has 1 aromatic rings. The number of piperazine rings is 1. The average Bonchev–Trinajstić information content (AvgIpc) is 2.65. The van der Waals surface area contributed by atoms with Crippen molar-refractivity contribution in [3.63, 3.8) is 0 Å². The van der Waals surface area contributed by atoms with Crippen molar-refractivity contribution in [3.05, 3.63) is 35.9 Å². The van der Waals surface area contributed by atoms with E-state index in [-0.39, 0.29) is 0 Å². The van der Waals surface area contributed by atoms with Gasteiger partial charge in [0, 0.05) is 51.7 Å². The maximum absolute atomic E-state index is 12.5. The van der Waals surface area contributed by atoms with Crippen LogP contribution < -0.4 is 0 Å². The summed E-state index contributed by atoms with van der Waals surface area (Å²) in [5.74, 6) is 1.11. The highest BCUT2D eigenvalue weighted by molar-refractivity contribution is 5.76. The SMILES string of the molecule is C[C@@H]1CN(C)CCN1CC1CCN(C(=O)CCCc2ccccc2)CC1. The maximum Gasteiger partial charge on any atom is 0.222 e. The van der Waals surface area contributed by atoms with Crippen LogP contribution in [0.5, 0.6) is 0 Å². The Morgan fingerprint density at radius 3 is 2.50 bits per heavy atom. The van der Waals surface area contributed by atoms with Crippen molar-refractivity contribution in [2.45, 2.75) is 45.1 Å². The van der Waals surface area contributed by atoms with Crippen LogP contribution in [-0.4, -0.2) is 73.0 Å². The lowest BCUT2D eigenvalue weighted by atomic mass is 9.95. The van der Waals surface area contributed by atoms with E-state index < -0.39 is 0 Å². The summed E-state index contributed by atoms with van der Waals surface area (Å²) in [5, 5.41) is 0. The Morgan fingerprint density at radius 2 is 1.81 bits per heavy atom. The predicted octanol–water partition coefficient (Wildman–Crippen LogP) is 2.88. The van der Waals surface area contributed by atoms with Crippen molar-refractivity contribution in [3.8, 4) is 0 Å². The van der Waals surface area contributed by atoms with Gasteiger partial charge in [-0.2, -0.15) is 0 Å². The second-order valence-corrected chi connectivity index (χ2v) is 8.27. The number of piperidine rings is 1. The molecule has 0 radical (unpaired) electrons. The topological polar surface area (TPSA) is 26.8 Å². The molecule has 2 aliphatic rings. The van der Waals surface area contributed by atoms with Gasteiger partial charge in [-0.25, -0.2) is 0 Å². The Hall–Kier alpha value is -1.39. The van der Waals surface area contributed by atoms with E-state index in [0.29, 0.717) is 18.4 Å². The summed E-state index contributed by atoms with van der Waals surface area (Å²) in [6.45, 7) is 9.03. The third-order valence-corrected chi connectivity index (χ3v) is 6.13. The van der Waals surface area contributed by atoms with Crippen molar-refractivity contribution >= 4 is 5.91 Å². The zero-order chi connectivity index (χ0) is 18.4. The fraction of sp³-hybridized carbons (Fsp3) is 0.682. The van der Waals surface area contributed by atoms with Gasteiger partial charge in [-0.05, 0) is 51.1 Å². The smallest absolute Gasteiger partial charge is 0.222 e. The van der Waals surface area contributed by atoms with Crippen molar-refractivity contribution < 1.29 is 4.79 Å². The molecule has 144 valence electrons. The quantitative estimate of drug-likeness (QED) is 0.783. The molecule has 3 rings (SSSR count). The summed E-state index contributed by atoms with van der Waals surface area (Å²) in [6, 6.07) is 11.1. The molecule has 2 saturated heterocycles. The van der Waals surface area contributed by atoms with Crippen LogP contribution in [0.1, 0.15) is 38.2 Å². The van der Waals surface area contributed by atoms with Crippen LogP contribution in [0.4, 0.5) is 0 Å². The fourth-order valence-corrected chi connectivity index (χ4v) is 4.39. The summed E-state index contributed by atoms with van der Waals surface area (Å²) in [7, 11) is 2.22. The molecule has 0 saturated carbocycles. The highest BCUT2D eigenvalue weighted by Crippen LogP contribution is 2.21. The molecule has 0 unspecified atom stereocenters. The Balaban J connectivity index is 1.34. The lowest BCUT2D eigenvalue weighted by Crippen LogP contribution is -2.52. The molecule has 4 nitrogen and oxygen atoms in total. The normalized spacial score (nSPS) is 23.3. The highest BCUT2D eigenvalue weighted by atomic mass is 16.2. The van der Waals surface area contributed by atoms with Crippen LogP contribution >= 0.6 is 0 Å². The van der Waals surface area contributed by atoms with E-state index >= 15 is 0 Å². The van der Waals surface area contributed by atoms with Gasteiger partial charge in [0.15, 0.2) is 0 Å². The molecule has 1 amide bonds. The first-order valence-electron chi connectivity index (χ1n) is 10.4. The Morgan fingerprint density at radius 1 is 1.08 bits per heavy atom. The summed E-state index contributed by atoms with van der Waals surface area (Å²) >= 11 is 0. The van der Waals surface area contributed by atoms with Gasteiger partial charge in [0.25, 0.3) is 0 Å². The van der Waals surface area contributed by atoms with E-state index in [1.165, 1.54) is 44.6 Å². The number of amides is 1. The minimum absolute atomic E-state index is 0.354. The fourth-order valence-electron chi connectivity index (χ4n) is 4.39. The number of likely N-dealkylation sites (tertiary alicyclic amines) is 1.